The number of nitrogens with one attached hydrogen (secondary N) is 1. The average molecular weight is 393 g/mol. The van der Waals surface area contributed by atoms with Gasteiger partial charge < -0.3 is 9.72 Å². The maximum atomic E-state index is 12.3. The number of carbonyl (C=O) groups excluding carboxylic acids is 1. The van der Waals surface area contributed by atoms with E-state index < -0.39 is 5.97 Å². The number of methoxy groups -OCH3 is 1. The zero-order valence-electron chi connectivity index (χ0n) is 13.7. The van der Waals surface area contributed by atoms with Gasteiger partial charge in [0.1, 0.15) is 0 Å². The minimum absolute atomic E-state index is 0.191. The highest BCUT2D eigenvalue weighted by molar-refractivity contribution is 6.50. The number of fused-ring (bicyclic) bond motifs is 1. The van der Waals surface area contributed by atoms with Gasteiger partial charge in [0.2, 0.25) is 0 Å². The molecule has 0 bridgehead atoms. The van der Waals surface area contributed by atoms with Crippen molar-refractivity contribution < 1.29 is 9.53 Å². The molecule has 0 spiro atoms. The second kappa shape index (κ2) is 7.72. The molecule has 2 heterocycles. The van der Waals surface area contributed by atoms with Crippen LogP contribution < -0.4 is 5.56 Å². The molecule has 0 aliphatic rings. The van der Waals surface area contributed by atoms with Crippen LogP contribution in [0.1, 0.15) is 21.7 Å². The topological polar surface area (TPSA) is 89.9 Å². The number of hydrogen-bond donors (Lipinski definition) is 1. The molecule has 0 fully saturated rings. The molecule has 26 heavy (non-hydrogen) atoms. The van der Waals surface area contributed by atoms with E-state index in [1.165, 1.54) is 25.3 Å². The number of esters is 1. The van der Waals surface area contributed by atoms with Crippen LogP contribution in [0.5, 0.6) is 0 Å². The summed E-state index contributed by atoms with van der Waals surface area (Å²) in [7, 11) is 1.28. The van der Waals surface area contributed by atoms with Crippen molar-refractivity contribution in [2.75, 3.05) is 13.0 Å². The molecular formula is C17H14Cl2N4O3. The SMILES string of the molecule is COC(=O)c1ccc2c(=O)[nH]c(C(Cl)=Cc3cnn(CCCl)c3)nc2c1. The van der Waals surface area contributed by atoms with Crippen LogP contribution >= 0.6 is 23.2 Å². The van der Waals surface area contributed by atoms with Crippen molar-refractivity contribution in [1.82, 2.24) is 19.7 Å². The molecule has 134 valence electrons. The number of hydrogen-bond acceptors (Lipinski definition) is 5. The summed E-state index contributed by atoms with van der Waals surface area (Å²) in [5.41, 5.74) is 1.03. The zero-order chi connectivity index (χ0) is 18.7. The van der Waals surface area contributed by atoms with Crippen molar-refractivity contribution in [2.24, 2.45) is 0 Å². The van der Waals surface area contributed by atoms with Crippen LogP contribution in [0.15, 0.2) is 35.4 Å². The number of nitrogens with zero attached hydrogens (tertiary/aromatic N) is 3. The van der Waals surface area contributed by atoms with Crippen molar-refractivity contribution >= 4 is 51.2 Å². The quantitative estimate of drug-likeness (QED) is 0.532. The van der Waals surface area contributed by atoms with Crippen LogP contribution in [-0.4, -0.2) is 38.7 Å². The summed E-state index contributed by atoms with van der Waals surface area (Å²) in [6.07, 6.45) is 5.04. The molecule has 3 rings (SSSR count). The van der Waals surface area contributed by atoms with Crippen LogP contribution in [0.2, 0.25) is 0 Å². The number of benzene rings is 1. The Labute approximate surface area is 158 Å². The van der Waals surface area contributed by atoms with E-state index in [4.69, 9.17) is 23.2 Å². The second-order valence-corrected chi connectivity index (χ2v) is 6.14. The summed E-state index contributed by atoms with van der Waals surface area (Å²) in [5, 5.41) is 4.73. The maximum absolute atomic E-state index is 12.3. The van der Waals surface area contributed by atoms with E-state index in [0.717, 1.165) is 5.56 Å². The number of carbonyl (C=O) groups is 1. The Morgan fingerprint density at radius 1 is 1.42 bits per heavy atom. The molecule has 0 aliphatic carbocycles. The molecule has 0 saturated carbocycles. The van der Waals surface area contributed by atoms with E-state index in [9.17, 15) is 9.59 Å². The summed E-state index contributed by atoms with van der Waals surface area (Å²) in [6.45, 7) is 0.578. The molecule has 3 aromatic rings. The Bertz CT molecular complexity index is 1060. The van der Waals surface area contributed by atoms with Gasteiger partial charge in [0.05, 0.1) is 41.4 Å². The predicted molar refractivity (Wildman–Crippen MR) is 100 cm³/mol. The van der Waals surface area contributed by atoms with Crippen LogP contribution in [0, 0.1) is 0 Å². The Balaban J connectivity index is 2.01. The van der Waals surface area contributed by atoms with Gasteiger partial charge in [-0.2, -0.15) is 5.10 Å². The lowest BCUT2D eigenvalue weighted by molar-refractivity contribution is 0.0601. The number of rotatable bonds is 5. The van der Waals surface area contributed by atoms with Gasteiger partial charge in [0, 0.05) is 17.6 Å². The lowest BCUT2D eigenvalue weighted by Crippen LogP contribution is -2.11. The minimum Gasteiger partial charge on any atom is -0.465 e. The maximum Gasteiger partial charge on any atom is 0.337 e. The average Bonchev–Trinajstić information content (AvgIpc) is 3.07. The second-order valence-electron chi connectivity index (χ2n) is 5.36. The Hall–Kier alpha value is -2.64. The third-order valence-electron chi connectivity index (χ3n) is 3.61. The van der Waals surface area contributed by atoms with Crippen molar-refractivity contribution in [3.63, 3.8) is 0 Å². The Morgan fingerprint density at radius 3 is 2.96 bits per heavy atom. The van der Waals surface area contributed by atoms with E-state index in [1.807, 2.05) is 0 Å². The number of ether oxygens (including phenoxy) is 1. The van der Waals surface area contributed by atoms with Gasteiger partial charge in [-0.25, -0.2) is 9.78 Å². The summed E-state index contributed by atoms with van der Waals surface area (Å²) in [4.78, 5) is 30.9. The Morgan fingerprint density at radius 2 is 2.23 bits per heavy atom. The molecule has 0 saturated heterocycles. The molecular weight excluding hydrogens is 379 g/mol. The van der Waals surface area contributed by atoms with Crippen molar-refractivity contribution in [2.45, 2.75) is 6.54 Å². The molecule has 2 aromatic heterocycles. The highest BCUT2D eigenvalue weighted by Crippen LogP contribution is 2.20. The van der Waals surface area contributed by atoms with E-state index >= 15 is 0 Å². The van der Waals surface area contributed by atoms with Crippen molar-refractivity contribution in [3.05, 3.63) is 57.9 Å². The summed E-state index contributed by atoms with van der Waals surface area (Å²) in [6, 6.07) is 4.51. The number of halogens is 2. The molecule has 7 nitrogen and oxygen atoms in total. The minimum atomic E-state index is -0.510. The first-order chi connectivity index (χ1) is 12.5. The highest BCUT2D eigenvalue weighted by atomic mass is 35.5. The first kappa shape index (κ1) is 18.2. The number of aryl methyl sites for hydroxylation is 1. The van der Waals surface area contributed by atoms with Crippen LogP contribution in [0.25, 0.3) is 22.0 Å². The van der Waals surface area contributed by atoms with Crippen LogP contribution in [0.4, 0.5) is 0 Å². The standard InChI is InChI=1S/C17H14Cl2N4O3/c1-26-17(25)11-2-3-12-14(7-11)21-15(22-16(12)24)13(19)6-10-8-20-23(9-10)5-4-18/h2-3,6-9H,4-5H2,1H3,(H,21,22,24). The van der Waals surface area contributed by atoms with Gasteiger partial charge in [-0.15, -0.1) is 11.6 Å². The third kappa shape index (κ3) is 3.79. The lowest BCUT2D eigenvalue weighted by Gasteiger charge is -2.04. The van der Waals surface area contributed by atoms with Gasteiger partial charge in [0.15, 0.2) is 5.82 Å². The third-order valence-corrected chi connectivity index (χ3v) is 4.07. The fourth-order valence-corrected chi connectivity index (χ4v) is 2.76. The smallest absolute Gasteiger partial charge is 0.337 e. The molecule has 0 amide bonds. The van der Waals surface area contributed by atoms with Crippen LogP contribution in [0.3, 0.4) is 0 Å². The first-order valence-corrected chi connectivity index (χ1v) is 8.51. The first-order valence-electron chi connectivity index (χ1n) is 7.60. The largest absolute Gasteiger partial charge is 0.465 e. The Kier molecular flexibility index (Phi) is 5.39. The van der Waals surface area contributed by atoms with E-state index in [-0.39, 0.29) is 16.4 Å². The zero-order valence-corrected chi connectivity index (χ0v) is 15.2. The number of H-pyrrole nitrogens is 1. The van der Waals surface area contributed by atoms with Crippen molar-refractivity contribution in [1.29, 1.82) is 0 Å². The lowest BCUT2D eigenvalue weighted by atomic mass is 10.1. The van der Waals surface area contributed by atoms with Gasteiger partial charge in [-0.05, 0) is 24.3 Å². The molecule has 9 heteroatoms. The van der Waals surface area contributed by atoms with Gasteiger partial charge in [0.25, 0.3) is 5.56 Å². The fraction of sp³-hybridized carbons (Fsp3) is 0.176. The summed E-state index contributed by atoms with van der Waals surface area (Å²) < 4.78 is 6.37. The van der Waals surface area contributed by atoms with E-state index in [2.05, 4.69) is 19.8 Å². The van der Waals surface area contributed by atoms with E-state index in [0.29, 0.717) is 28.9 Å². The number of alkyl halides is 1. The fourth-order valence-electron chi connectivity index (χ4n) is 2.38. The molecule has 1 N–H and O–H groups in total. The molecule has 0 atom stereocenters. The normalized spacial score (nSPS) is 11.7. The monoisotopic (exact) mass is 392 g/mol. The molecule has 0 aliphatic heterocycles. The number of aromatic amines is 1. The predicted octanol–water partition coefficient (Wildman–Crippen LogP) is 2.88. The molecule has 0 radical (unpaired) electrons. The number of aromatic nitrogens is 4. The summed E-state index contributed by atoms with van der Waals surface area (Å²) >= 11 is 12.0. The van der Waals surface area contributed by atoms with Gasteiger partial charge >= 0.3 is 5.97 Å². The van der Waals surface area contributed by atoms with E-state index in [1.54, 1.807) is 23.2 Å². The highest BCUT2D eigenvalue weighted by Gasteiger charge is 2.11. The van der Waals surface area contributed by atoms with Crippen molar-refractivity contribution in [3.8, 4) is 0 Å². The molecule has 0 unspecified atom stereocenters. The van der Waals surface area contributed by atoms with Gasteiger partial charge in [-0.3, -0.25) is 9.48 Å². The molecule has 1 aromatic carbocycles. The summed E-state index contributed by atoms with van der Waals surface area (Å²) in [5.74, 6) is 0.126. The van der Waals surface area contributed by atoms with Crippen LogP contribution in [-0.2, 0) is 11.3 Å². The van der Waals surface area contributed by atoms with Gasteiger partial charge in [-0.1, -0.05) is 11.6 Å².